The van der Waals surface area contributed by atoms with Crippen LogP contribution >= 0.6 is 0 Å². The summed E-state index contributed by atoms with van der Waals surface area (Å²) in [6.07, 6.45) is -1.84. The van der Waals surface area contributed by atoms with E-state index < -0.39 is 40.4 Å². The molecule has 0 unspecified atom stereocenters. The highest BCUT2D eigenvalue weighted by Gasteiger charge is 2.24. The summed E-state index contributed by atoms with van der Waals surface area (Å²) in [5.41, 5.74) is -0.208. The zero-order chi connectivity index (χ0) is 25.3. The molecule has 174 valence electrons. The van der Waals surface area contributed by atoms with Crippen molar-refractivity contribution in [3.8, 4) is 34.8 Å². The molecule has 0 N–H and O–H groups in total. The monoisotopic (exact) mass is 484 g/mol. The van der Waals surface area contributed by atoms with Crippen LogP contribution in [-0.4, -0.2) is 16.1 Å². The van der Waals surface area contributed by atoms with Crippen LogP contribution in [-0.2, 0) is 0 Å². The topological polar surface area (TPSA) is 25.8 Å². The quantitative estimate of drug-likeness (QED) is 0.229. The molecule has 0 radical (unpaired) electrons. The van der Waals surface area contributed by atoms with Gasteiger partial charge < -0.3 is 0 Å². The van der Waals surface area contributed by atoms with Gasteiger partial charge in [-0.05, 0) is 59.7 Å². The summed E-state index contributed by atoms with van der Waals surface area (Å²) >= 11 is 0. The third-order valence-corrected chi connectivity index (χ3v) is 4.79. The second kappa shape index (κ2) is 9.11. The summed E-state index contributed by atoms with van der Waals surface area (Å²) in [6, 6.07) is 6.43. The van der Waals surface area contributed by atoms with E-state index in [1.54, 1.807) is 12.4 Å². The van der Waals surface area contributed by atoms with E-state index >= 15 is 0 Å². The highest BCUT2D eigenvalue weighted by Crippen LogP contribution is 2.32. The molecule has 0 spiro atoms. The summed E-state index contributed by atoms with van der Waals surface area (Å²) in [5, 5.41) is -1.07. The van der Waals surface area contributed by atoms with Gasteiger partial charge in [0.2, 0.25) is 5.82 Å². The predicted octanol–water partition coefficient (Wildman–Crippen LogP) is 6.48. The van der Waals surface area contributed by atoms with Crippen molar-refractivity contribution < 1.29 is 30.7 Å². The molecule has 1 heterocycles. The molecule has 0 fully saturated rings. The summed E-state index contributed by atoms with van der Waals surface area (Å²) in [4.78, 5) is 8.04. The zero-order valence-electron chi connectivity index (χ0n) is 17.7. The van der Waals surface area contributed by atoms with Crippen molar-refractivity contribution in [2.45, 2.75) is 13.1 Å². The third-order valence-electron chi connectivity index (χ3n) is 4.79. The number of nitrogens with zero attached hydrogens (tertiary/aromatic N) is 2. The van der Waals surface area contributed by atoms with Gasteiger partial charge in [0, 0.05) is 29.4 Å². The van der Waals surface area contributed by atoms with Gasteiger partial charge in [0.1, 0.15) is 17.5 Å². The molecule has 3 aromatic carbocycles. The molecule has 0 aliphatic heterocycles. The van der Waals surface area contributed by atoms with Crippen molar-refractivity contribution >= 4 is 10.8 Å². The molecule has 0 bridgehead atoms. The van der Waals surface area contributed by atoms with Crippen molar-refractivity contribution in [1.29, 1.82) is 0 Å². The lowest BCUT2D eigenvalue weighted by molar-refractivity contribution is -0.0696. The van der Waals surface area contributed by atoms with Gasteiger partial charge in [-0.25, -0.2) is 27.5 Å². The van der Waals surface area contributed by atoms with E-state index in [4.69, 9.17) is 0 Å². The molecular formula is C26H11F7N2. The average molecular weight is 484 g/mol. The Morgan fingerprint density at radius 1 is 0.771 bits per heavy atom. The predicted molar refractivity (Wildman–Crippen MR) is 115 cm³/mol. The lowest BCUT2D eigenvalue weighted by Crippen LogP contribution is -2.03. The first-order valence-electron chi connectivity index (χ1n) is 9.83. The van der Waals surface area contributed by atoms with Crippen LogP contribution in [0.25, 0.3) is 21.9 Å². The molecule has 2 nitrogen and oxygen atoms in total. The van der Waals surface area contributed by atoms with Crippen molar-refractivity contribution in [1.82, 2.24) is 9.97 Å². The largest absolute Gasteiger partial charge is 0.458 e. The Labute approximate surface area is 194 Å². The van der Waals surface area contributed by atoms with E-state index in [0.717, 1.165) is 29.7 Å². The van der Waals surface area contributed by atoms with Crippen LogP contribution in [0.1, 0.15) is 22.5 Å². The van der Waals surface area contributed by atoms with Crippen molar-refractivity contribution in [3.63, 3.8) is 0 Å². The molecule has 4 rings (SSSR count). The molecule has 0 amide bonds. The maximum absolute atomic E-state index is 14.8. The molecule has 4 aromatic rings. The Morgan fingerprint density at radius 2 is 1.49 bits per heavy atom. The first-order chi connectivity index (χ1) is 16.5. The fraction of sp³-hybridized carbons (Fsp3) is 0.0769. The van der Waals surface area contributed by atoms with Crippen LogP contribution in [0, 0.1) is 53.9 Å². The molecule has 0 aliphatic rings. The van der Waals surface area contributed by atoms with Crippen LogP contribution in [0.5, 0.6) is 0 Å². The molecule has 1 aromatic heterocycles. The lowest BCUT2D eigenvalue weighted by Gasteiger charge is -2.10. The number of alkyl halides is 3. The Morgan fingerprint density at radius 3 is 2.14 bits per heavy atom. The Bertz CT molecular complexity index is 1580. The maximum Gasteiger partial charge on any atom is 0.458 e. The Balaban J connectivity index is 1.74. The maximum atomic E-state index is 14.8. The van der Waals surface area contributed by atoms with Crippen LogP contribution in [0.3, 0.4) is 0 Å². The standard InChI is InChI=1S/C26H11F7N2/c1-14-12-34-23(35-13-14)5-3-15-2-4-18(20(27)8-15)16-9-17-11-21(28)19(6-7-26(31,32)33)25(30)24(17)22(29)10-16/h2,4,8-13H,1H3. The second-order valence-corrected chi connectivity index (χ2v) is 7.38. The van der Waals surface area contributed by atoms with Crippen LogP contribution in [0.15, 0.2) is 48.8 Å². The fourth-order valence-electron chi connectivity index (χ4n) is 3.23. The zero-order valence-corrected chi connectivity index (χ0v) is 17.7. The number of rotatable bonds is 1. The lowest BCUT2D eigenvalue weighted by atomic mass is 9.97. The van der Waals surface area contributed by atoms with E-state index in [1.807, 2.05) is 6.92 Å². The van der Waals surface area contributed by atoms with Gasteiger partial charge in [-0.15, -0.1) is 0 Å². The summed E-state index contributed by atoms with van der Waals surface area (Å²) in [6.45, 7) is 1.81. The van der Waals surface area contributed by atoms with E-state index in [-0.39, 0.29) is 27.9 Å². The van der Waals surface area contributed by atoms with Gasteiger partial charge in [0.15, 0.2) is 5.82 Å². The van der Waals surface area contributed by atoms with Gasteiger partial charge >= 0.3 is 6.18 Å². The number of halogens is 7. The molecule has 0 saturated carbocycles. The van der Waals surface area contributed by atoms with Gasteiger partial charge in [-0.2, -0.15) is 13.2 Å². The van der Waals surface area contributed by atoms with Gasteiger partial charge in [-0.1, -0.05) is 17.9 Å². The minimum atomic E-state index is -4.99. The first kappa shape index (κ1) is 23.8. The van der Waals surface area contributed by atoms with Crippen molar-refractivity contribution in [3.05, 3.63) is 94.6 Å². The summed E-state index contributed by atoms with van der Waals surface area (Å²) in [7, 11) is 0. The molecular weight excluding hydrogens is 473 g/mol. The molecule has 9 heteroatoms. The SMILES string of the molecule is Cc1cnc(C#Cc2ccc(-c3cc(F)c4c(F)c(C#CC(F)(F)F)c(F)cc4c3)c(F)c2)nc1. The first-order valence-corrected chi connectivity index (χ1v) is 9.83. The Kier molecular flexibility index (Phi) is 6.19. The number of aryl methyl sites for hydroxylation is 1. The minimum absolute atomic E-state index is 0.0400. The highest BCUT2D eigenvalue weighted by atomic mass is 19.4. The van der Waals surface area contributed by atoms with E-state index in [9.17, 15) is 30.7 Å². The number of aromatic nitrogens is 2. The van der Waals surface area contributed by atoms with Crippen molar-refractivity contribution in [2.24, 2.45) is 0 Å². The number of hydrogen-bond acceptors (Lipinski definition) is 2. The number of hydrogen-bond donors (Lipinski definition) is 0. The van der Waals surface area contributed by atoms with E-state index in [2.05, 4.69) is 21.8 Å². The normalized spacial score (nSPS) is 11.0. The second-order valence-electron chi connectivity index (χ2n) is 7.38. The molecule has 35 heavy (non-hydrogen) atoms. The molecule has 0 aliphatic carbocycles. The van der Waals surface area contributed by atoms with Crippen molar-refractivity contribution in [2.75, 3.05) is 0 Å². The van der Waals surface area contributed by atoms with Crippen LogP contribution < -0.4 is 0 Å². The number of fused-ring (bicyclic) bond motifs is 1. The highest BCUT2D eigenvalue weighted by molar-refractivity contribution is 5.90. The van der Waals surface area contributed by atoms with Gasteiger partial charge in [0.25, 0.3) is 0 Å². The van der Waals surface area contributed by atoms with Crippen LogP contribution in [0.2, 0.25) is 0 Å². The van der Waals surface area contributed by atoms with E-state index in [0.29, 0.717) is 6.07 Å². The summed E-state index contributed by atoms with van der Waals surface area (Å²) in [5.74, 6) is 2.74. The number of benzene rings is 3. The van der Waals surface area contributed by atoms with Gasteiger partial charge in [0.05, 0.1) is 10.9 Å². The van der Waals surface area contributed by atoms with E-state index in [1.165, 1.54) is 18.1 Å². The van der Waals surface area contributed by atoms with Gasteiger partial charge in [-0.3, -0.25) is 0 Å². The smallest absolute Gasteiger partial charge is 0.229 e. The average Bonchev–Trinajstić information content (AvgIpc) is 2.77. The summed E-state index contributed by atoms with van der Waals surface area (Å²) < 4.78 is 95.4. The minimum Gasteiger partial charge on any atom is -0.229 e. The third kappa shape index (κ3) is 5.25. The fourth-order valence-corrected chi connectivity index (χ4v) is 3.23. The van der Waals surface area contributed by atoms with Crippen LogP contribution in [0.4, 0.5) is 30.7 Å². The molecule has 0 atom stereocenters. The Hall–Kier alpha value is -4.37. The molecule has 0 saturated heterocycles.